The van der Waals surface area contributed by atoms with Crippen LogP contribution in [0.4, 0.5) is 14.5 Å². The maximum absolute atomic E-state index is 13.7. The number of β-lactam (4-membered cyclic amide) rings is 1. The molecule has 1 aliphatic heterocycles. The molecule has 0 bridgehead atoms. The van der Waals surface area contributed by atoms with Crippen LogP contribution in [0, 0.1) is 24.5 Å². The quantitative estimate of drug-likeness (QED) is 0.215. The van der Waals surface area contributed by atoms with Crippen molar-refractivity contribution < 1.29 is 18.0 Å². The first-order chi connectivity index (χ1) is 17.9. The molecule has 3 nitrogen and oxygen atoms in total. The minimum absolute atomic E-state index is 0.00204. The minimum Gasteiger partial charge on any atom is -0.413 e. The smallest absolute Gasteiger partial charge is 0.233 e. The van der Waals surface area contributed by atoms with Gasteiger partial charge < -0.3 is 9.33 Å². The maximum atomic E-state index is 13.7. The van der Waals surface area contributed by atoms with Crippen molar-refractivity contribution in [2.75, 3.05) is 11.5 Å². The summed E-state index contributed by atoms with van der Waals surface area (Å²) < 4.78 is 33.8. The Bertz CT molecular complexity index is 1290. The number of allylic oxidation sites excluding steroid dienone is 1. The molecule has 0 aliphatic carbocycles. The molecule has 1 aliphatic rings. The second-order valence-electron chi connectivity index (χ2n) is 11.7. The van der Waals surface area contributed by atoms with Crippen LogP contribution < -0.4 is 4.90 Å². The lowest BCUT2D eigenvalue weighted by molar-refractivity contribution is -0.130. The van der Waals surface area contributed by atoms with E-state index in [0.717, 1.165) is 22.3 Å². The van der Waals surface area contributed by atoms with Crippen LogP contribution in [-0.4, -0.2) is 20.8 Å². The molecule has 0 N–H and O–H groups in total. The molecule has 0 aromatic heterocycles. The molecule has 4 rings (SSSR count). The van der Waals surface area contributed by atoms with Crippen LogP contribution in [-0.2, 0) is 9.22 Å². The van der Waals surface area contributed by atoms with E-state index in [4.69, 9.17) is 4.43 Å². The SMILES string of the molecule is Cc1ccc([C@@H]2[C@@H](C/C=C(\CO[Si](C)(C)C(C)(C)C)c3ccc(F)cc3)C(=O)N2c2ccc(F)cc2)cc1. The Labute approximate surface area is 226 Å². The lowest BCUT2D eigenvalue weighted by Crippen LogP contribution is -2.55. The Morgan fingerprint density at radius 1 is 0.921 bits per heavy atom. The summed E-state index contributed by atoms with van der Waals surface area (Å²) in [6.45, 7) is 13.4. The van der Waals surface area contributed by atoms with Gasteiger partial charge in [0.1, 0.15) is 11.6 Å². The van der Waals surface area contributed by atoms with Gasteiger partial charge in [0.2, 0.25) is 5.91 Å². The topological polar surface area (TPSA) is 29.5 Å². The summed E-state index contributed by atoms with van der Waals surface area (Å²) in [5.41, 5.74) is 4.70. The fourth-order valence-electron chi connectivity index (χ4n) is 4.48. The van der Waals surface area contributed by atoms with Crippen LogP contribution in [0.2, 0.25) is 18.1 Å². The standard InChI is InChI=1S/C32H37F2NO2Si/c1-22-7-9-24(10-8-22)30-29(31(36)35(30)28-18-16-27(34)17-19-28)20-13-25(23-11-14-26(33)15-12-23)21-37-38(5,6)32(2,3)4/h7-19,29-30H,20-21H2,1-6H3/b25-13+/t29-,30-/m1/s1. The summed E-state index contributed by atoms with van der Waals surface area (Å²) in [4.78, 5) is 15.2. The number of rotatable bonds is 8. The first kappa shape index (κ1) is 27.9. The van der Waals surface area contributed by atoms with Gasteiger partial charge in [-0.3, -0.25) is 4.79 Å². The molecule has 0 radical (unpaired) electrons. The van der Waals surface area contributed by atoms with Gasteiger partial charge in [-0.25, -0.2) is 8.78 Å². The monoisotopic (exact) mass is 533 g/mol. The van der Waals surface area contributed by atoms with Crippen molar-refractivity contribution >= 4 is 25.5 Å². The van der Waals surface area contributed by atoms with Gasteiger partial charge in [0, 0.05) is 5.69 Å². The van der Waals surface area contributed by atoms with Gasteiger partial charge in [-0.2, -0.15) is 0 Å². The molecular weight excluding hydrogens is 496 g/mol. The zero-order valence-corrected chi connectivity index (χ0v) is 24.1. The fraction of sp³-hybridized carbons (Fsp3) is 0.344. The molecule has 1 fully saturated rings. The van der Waals surface area contributed by atoms with Gasteiger partial charge in [-0.05, 0) is 84.6 Å². The number of carbonyl (C=O) groups is 1. The number of aryl methyl sites for hydroxylation is 1. The first-order valence-electron chi connectivity index (χ1n) is 13.1. The van der Waals surface area contributed by atoms with Crippen LogP contribution in [0.15, 0.2) is 78.9 Å². The van der Waals surface area contributed by atoms with Gasteiger partial charge in [0.25, 0.3) is 0 Å². The second kappa shape index (κ2) is 10.9. The average molecular weight is 534 g/mol. The lowest BCUT2D eigenvalue weighted by atomic mass is 9.79. The highest BCUT2D eigenvalue weighted by Crippen LogP contribution is 2.46. The summed E-state index contributed by atoms with van der Waals surface area (Å²) in [7, 11) is -2.03. The Hall–Kier alpha value is -3.09. The van der Waals surface area contributed by atoms with Gasteiger partial charge in [-0.15, -0.1) is 0 Å². The highest BCUT2D eigenvalue weighted by atomic mass is 28.4. The Morgan fingerprint density at radius 3 is 2.03 bits per heavy atom. The normalized spacial score (nSPS) is 18.5. The number of carbonyl (C=O) groups excluding carboxylic acids is 1. The number of hydrogen-bond acceptors (Lipinski definition) is 2. The van der Waals surface area contributed by atoms with E-state index in [1.165, 1.54) is 24.3 Å². The zero-order valence-electron chi connectivity index (χ0n) is 23.1. The number of hydrogen-bond donors (Lipinski definition) is 0. The fourth-order valence-corrected chi connectivity index (χ4v) is 5.43. The summed E-state index contributed by atoms with van der Waals surface area (Å²) >= 11 is 0. The average Bonchev–Trinajstić information content (AvgIpc) is 2.86. The third-order valence-electron chi connectivity index (χ3n) is 7.97. The van der Waals surface area contributed by atoms with Crippen molar-refractivity contribution in [3.8, 4) is 0 Å². The molecule has 6 heteroatoms. The number of amides is 1. The van der Waals surface area contributed by atoms with Crippen LogP contribution in [0.1, 0.15) is 49.9 Å². The maximum Gasteiger partial charge on any atom is 0.233 e. The van der Waals surface area contributed by atoms with E-state index in [0.29, 0.717) is 18.7 Å². The van der Waals surface area contributed by atoms with Crippen molar-refractivity contribution in [1.29, 1.82) is 0 Å². The van der Waals surface area contributed by atoms with Gasteiger partial charge in [0.05, 0.1) is 18.6 Å². The van der Waals surface area contributed by atoms with Crippen LogP contribution in [0.3, 0.4) is 0 Å². The molecule has 2 atom stereocenters. The van der Waals surface area contributed by atoms with Gasteiger partial charge >= 0.3 is 0 Å². The van der Waals surface area contributed by atoms with E-state index in [1.54, 1.807) is 29.2 Å². The van der Waals surface area contributed by atoms with Gasteiger partial charge in [0.15, 0.2) is 8.32 Å². The first-order valence-corrected chi connectivity index (χ1v) is 16.0. The molecule has 1 amide bonds. The predicted molar refractivity (Wildman–Crippen MR) is 153 cm³/mol. The highest BCUT2D eigenvalue weighted by molar-refractivity contribution is 6.74. The van der Waals surface area contributed by atoms with Crippen LogP contribution in [0.25, 0.3) is 5.57 Å². The molecule has 38 heavy (non-hydrogen) atoms. The summed E-state index contributed by atoms with van der Waals surface area (Å²) in [5, 5.41) is 0.0526. The predicted octanol–water partition coefficient (Wildman–Crippen LogP) is 8.47. The number of nitrogens with zero attached hydrogens (tertiary/aromatic N) is 1. The summed E-state index contributed by atoms with van der Waals surface area (Å²) in [6.07, 6.45) is 2.59. The molecule has 0 spiro atoms. The second-order valence-corrected chi connectivity index (χ2v) is 16.5. The molecule has 1 heterocycles. The van der Waals surface area contributed by atoms with E-state index in [-0.39, 0.29) is 34.5 Å². The van der Waals surface area contributed by atoms with Crippen molar-refractivity contribution in [1.82, 2.24) is 0 Å². The third-order valence-corrected chi connectivity index (χ3v) is 12.4. The molecule has 3 aromatic carbocycles. The molecule has 0 saturated carbocycles. The number of benzene rings is 3. The van der Waals surface area contributed by atoms with Crippen molar-refractivity contribution in [2.45, 2.75) is 58.3 Å². The Kier molecular flexibility index (Phi) is 8.05. The van der Waals surface area contributed by atoms with Crippen LogP contribution in [0.5, 0.6) is 0 Å². The molecular formula is C32H37F2NO2Si. The lowest BCUT2D eigenvalue weighted by Gasteiger charge is -2.47. The summed E-state index contributed by atoms with van der Waals surface area (Å²) in [5.74, 6) is -0.894. The van der Waals surface area contributed by atoms with E-state index in [1.807, 2.05) is 19.1 Å². The van der Waals surface area contributed by atoms with Crippen LogP contribution >= 0.6 is 0 Å². The molecule has 0 unspecified atom stereocenters. The highest BCUT2D eigenvalue weighted by Gasteiger charge is 2.48. The van der Waals surface area contributed by atoms with E-state index in [2.05, 4.69) is 52.1 Å². The van der Waals surface area contributed by atoms with E-state index >= 15 is 0 Å². The van der Waals surface area contributed by atoms with Crippen molar-refractivity contribution in [3.63, 3.8) is 0 Å². The Morgan fingerprint density at radius 2 is 1.47 bits per heavy atom. The summed E-state index contributed by atoms with van der Waals surface area (Å²) in [6, 6.07) is 20.5. The minimum atomic E-state index is -2.03. The number of anilines is 1. The Balaban J connectivity index is 1.64. The molecule has 1 saturated heterocycles. The number of halogens is 2. The van der Waals surface area contributed by atoms with Crippen molar-refractivity contribution in [3.05, 3.63) is 107 Å². The largest absolute Gasteiger partial charge is 0.413 e. The third kappa shape index (κ3) is 5.97. The van der Waals surface area contributed by atoms with E-state index < -0.39 is 8.32 Å². The zero-order chi connectivity index (χ0) is 27.7. The molecule has 3 aromatic rings. The molecule has 200 valence electrons. The van der Waals surface area contributed by atoms with E-state index in [9.17, 15) is 13.6 Å². The van der Waals surface area contributed by atoms with Crippen molar-refractivity contribution in [2.24, 2.45) is 5.92 Å². The van der Waals surface area contributed by atoms with Gasteiger partial charge in [-0.1, -0.05) is 68.8 Å².